The maximum Gasteiger partial charge on any atom is 0.341 e. The number of amides is 1. The van der Waals surface area contributed by atoms with Crippen molar-refractivity contribution in [1.82, 2.24) is 0 Å². The van der Waals surface area contributed by atoms with Gasteiger partial charge in [-0.3, -0.25) is 9.52 Å². The summed E-state index contributed by atoms with van der Waals surface area (Å²) < 4.78 is 30.4. The highest BCUT2D eigenvalue weighted by atomic mass is 35.5. The van der Waals surface area contributed by atoms with E-state index in [9.17, 15) is 18.0 Å². The van der Waals surface area contributed by atoms with E-state index in [2.05, 4.69) is 10.0 Å². The van der Waals surface area contributed by atoms with E-state index in [-0.39, 0.29) is 22.9 Å². The number of carbonyl (C=O) groups is 2. The van der Waals surface area contributed by atoms with E-state index >= 15 is 0 Å². The molecule has 2 N–H and O–H groups in total. The molecule has 2 aromatic rings. The SMILES string of the molecule is CCOC(=O)c1c(NC(=O)c2cc(NS(C)(=O)=O)ccc2Cl)sc2c1CCCC2. The van der Waals surface area contributed by atoms with Crippen molar-refractivity contribution in [2.75, 3.05) is 22.9 Å². The Bertz CT molecular complexity index is 1060. The van der Waals surface area contributed by atoms with E-state index in [0.717, 1.165) is 42.4 Å². The molecule has 0 spiro atoms. The van der Waals surface area contributed by atoms with Crippen LogP contribution in [0.3, 0.4) is 0 Å². The summed E-state index contributed by atoms with van der Waals surface area (Å²) in [5, 5.41) is 3.37. The van der Waals surface area contributed by atoms with Gasteiger partial charge in [0.05, 0.1) is 29.0 Å². The second-order valence-electron chi connectivity index (χ2n) is 6.66. The Labute approximate surface area is 178 Å². The van der Waals surface area contributed by atoms with Gasteiger partial charge in [-0.25, -0.2) is 13.2 Å². The predicted octanol–water partition coefficient (Wildman–Crippen LogP) is 4.08. The van der Waals surface area contributed by atoms with Gasteiger partial charge in [0, 0.05) is 10.6 Å². The van der Waals surface area contributed by atoms with Gasteiger partial charge >= 0.3 is 5.97 Å². The van der Waals surface area contributed by atoms with Crippen molar-refractivity contribution in [3.63, 3.8) is 0 Å². The lowest BCUT2D eigenvalue weighted by molar-refractivity contribution is 0.0526. The van der Waals surface area contributed by atoms with Crippen molar-refractivity contribution in [3.05, 3.63) is 44.8 Å². The number of aryl methyl sites for hydroxylation is 1. The maximum absolute atomic E-state index is 12.9. The van der Waals surface area contributed by atoms with E-state index < -0.39 is 21.9 Å². The number of halogens is 1. The van der Waals surface area contributed by atoms with Crippen LogP contribution in [0, 0.1) is 0 Å². The van der Waals surface area contributed by atoms with E-state index in [1.807, 2.05) is 0 Å². The van der Waals surface area contributed by atoms with Crippen LogP contribution >= 0.6 is 22.9 Å². The number of benzene rings is 1. The van der Waals surface area contributed by atoms with Gasteiger partial charge < -0.3 is 10.1 Å². The van der Waals surface area contributed by atoms with Crippen molar-refractivity contribution >= 4 is 55.5 Å². The van der Waals surface area contributed by atoms with Gasteiger partial charge in [0.2, 0.25) is 10.0 Å². The highest BCUT2D eigenvalue weighted by Gasteiger charge is 2.27. The van der Waals surface area contributed by atoms with E-state index in [1.165, 1.54) is 29.5 Å². The van der Waals surface area contributed by atoms with E-state index in [4.69, 9.17) is 16.3 Å². The molecule has 29 heavy (non-hydrogen) atoms. The molecule has 0 aliphatic heterocycles. The van der Waals surface area contributed by atoms with Crippen LogP contribution in [0.15, 0.2) is 18.2 Å². The van der Waals surface area contributed by atoms with Gasteiger partial charge in [-0.15, -0.1) is 11.3 Å². The number of fused-ring (bicyclic) bond motifs is 1. The molecule has 0 bridgehead atoms. The van der Waals surface area contributed by atoms with Gasteiger partial charge in [-0.2, -0.15) is 0 Å². The minimum absolute atomic E-state index is 0.0986. The summed E-state index contributed by atoms with van der Waals surface area (Å²) in [5.74, 6) is -0.989. The first-order valence-electron chi connectivity index (χ1n) is 9.10. The first-order valence-corrected chi connectivity index (χ1v) is 12.2. The summed E-state index contributed by atoms with van der Waals surface area (Å²) in [5.41, 5.74) is 1.66. The molecule has 0 saturated heterocycles. The van der Waals surface area contributed by atoms with Crippen LogP contribution in [0.5, 0.6) is 0 Å². The minimum atomic E-state index is -3.50. The smallest absolute Gasteiger partial charge is 0.341 e. The van der Waals surface area contributed by atoms with Crippen LogP contribution in [0.4, 0.5) is 10.7 Å². The molecule has 3 rings (SSSR count). The van der Waals surface area contributed by atoms with Crippen LogP contribution in [-0.4, -0.2) is 33.2 Å². The van der Waals surface area contributed by atoms with E-state index in [1.54, 1.807) is 6.92 Å². The molecule has 0 unspecified atom stereocenters. The van der Waals surface area contributed by atoms with Gasteiger partial charge in [-0.05, 0) is 56.4 Å². The lowest BCUT2D eigenvalue weighted by Gasteiger charge is -2.12. The van der Waals surface area contributed by atoms with Gasteiger partial charge in [-0.1, -0.05) is 11.6 Å². The third kappa shape index (κ3) is 5.09. The van der Waals surface area contributed by atoms with Gasteiger partial charge in [0.25, 0.3) is 5.91 Å². The average molecular weight is 457 g/mol. The molecule has 0 saturated carbocycles. The largest absolute Gasteiger partial charge is 0.462 e. The third-order valence-corrected chi connectivity index (χ3v) is 6.54. The second-order valence-corrected chi connectivity index (χ2v) is 9.92. The van der Waals surface area contributed by atoms with Gasteiger partial charge in [0.1, 0.15) is 5.00 Å². The zero-order valence-corrected chi connectivity index (χ0v) is 18.4. The topological polar surface area (TPSA) is 102 Å². The number of rotatable bonds is 6. The van der Waals surface area contributed by atoms with Crippen molar-refractivity contribution in [3.8, 4) is 0 Å². The number of carbonyl (C=O) groups excluding carboxylic acids is 2. The summed E-state index contributed by atoms with van der Waals surface area (Å²) in [6, 6.07) is 4.26. The molecular weight excluding hydrogens is 436 g/mol. The molecule has 0 radical (unpaired) electrons. The zero-order chi connectivity index (χ0) is 21.2. The number of esters is 1. The molecule has 1 aromatic heterocycles. The lowest BCUT2D eigenvalue weighted by atomic mass is 9.95. The zero-order valence-electron chi connectivity index (χ0n) is 16.0. The molecule has 1 amide bonds. The average Bonchev–Trinajstić information content (AvgIpc) is 3.00. The van der Waals surface area contributed by atoms with Crippen LogP contribution in [-0.2, 0) is 27.6 Å². The molecule has 1 aliphatic carbocycles. The first-order chi connectivity index (χ1) is 13.7. The molecule has 156 valence electrons. The summed E-state index contributed by atoms with van der Waals surface area (Å²) in [6.07, 6.45) is 4.66. The molecule has 7 nitrogen and oxygen atoms in total. The quantitative estimate of drug-likeness (QED) is 0.637. The van der Waals surface area contributed by atoms with Crippen molar-refractivity contribution in [1.29, 1.82) is 0 Å². The summed E-state index contributed by atoms with van der Waals surface area (Å²) in [4.78, 5) is 26.5. The molecule has 1 aliphatic rings. The number of thiophene rings is 1. The molecule has 1 heterocycles. The highest BCUT2D eigenvalue weighted by molar-refractivity contribution is 7.92. The number of sulfonamides is 1. The number of nitrogens with one attached hydrogen (secondary N) is 2. The predicted molar refractivity (Wildman–Crippen MR) is 115 cm³/mol. The normalized spacial score (nSPS) is 13.5. The molecule has 0 atom stereocenters. The van der Waals surface area contributed by atoms with Gasteiger partial charge in [0.15, 0.2) is 0 Å². The Kier molecular flexibility index (Phi) is 6.50. The Morgan fingerprint density at radius 1 is 1.24 bits per heavy atom. The Balaban J connectivity index is 1.94. The lowest BCUT2D eigenvalue weighted by Crippen LogP contribution is -2.17. The molecular formula is C19H21ClN2O5S2. The molecule has 10 heteroatoms. The van der Waals surface area contributed by atoms with Crippen LogP contribution in [0.25, 0.3) is 0 Å². The maximum atomic E-state index is 12.9. The fraction of sp³-hybridized carbons (Fsp3) is 0.368. The molecule has 1 aromatic carbocycles. The number of hydrogen-bond acceptors (Lipinski definition) is 6. The van der Waals surface area contributed by atoms with E-state index in [0.29, 0.717) is 10.6 Å². The third-order valence-electron chi connectivity index (χ3n) is 4.39. The molecule has 0 fully saturated rings. The van der Waals surface area contributed by atoms with Crippen molar-refractivity contribution in [2.24, 2.45) is 0 Å². The fourth-order valence-corrected chi connectivity index (χ4v) is 5.25. The standard InChI is InChI=1S/C19H21ClN2O5S2/c1-3-27-19(24)16-12-6-4-5-7-15(12)28-18(16)21-17(23)13-10-11(8-9-14(13)20)22-29(2,25)26/h8-10,22H,3-7H2,1-2H3,(H,21,23). The van der Waals surface area contributed by atoms with Crippen LogP contribution in [0.1, 0.15) is 50.9 Å². The number of anilines is 2. The van der Waals surface area contributed by atoms with Crippen molar-refractivity contribution in [2.45, 2.75) is 32.6 Å². The summed E-state index contributed by atoms with van der Waals surface area (Å²) in [7, 11) is -3.50. The Morgan fingerprint density at radius 3 is 2.66 bits per heavy atom. The Morgan fingerprint density at radius 2 is 1.97 bits per heavy atom. The van der Waals surface area contributed by atoms with Crippen LogP contribution in [0.2, 0.25) is 5.02 Å². The monoisotopic (exact) mass is 456 g/mol. The van der Waals surface area contributed by atoms with Crippen LogP contribution < -0.4 is 10.0 Å². The highest BCUT2D eigenvalue weighted by Crippen LogP contribution is 2.39. The van der Waals surface area contributed by atoms with Crippen molar-refractivity contribution < 1.29 is 22.7 Å². The summed E-state index contributed by atoms with van der Waals surface area (Å²) >= 11 is 7.53. The number of hydrogen-bond donors (Lipinski definition) is 2. The minimum Gasteiger partial charge on any atom is -0.462 e. The number of ether oxygens (including phenoxy) is 1. The fourth-order valence-electron chi connectivity index (χ4n) is 3.22. The first kappa shape index (κ1) is 21.6. The Hall–Kier alpha value is -2.10. The second kappa shape index (κ2) is 8.73. The summed E-state index contributed by atoms with van der Waals surface area (Å²) in [6.45, 7) is 1.97.